The van der Waals surface area contributed by atoms with Crippen LogP contribution in [0.1, 0.15) is 35.1 Å². The minimum absolute atomic E-state index is 0.0403. The van der Waals surface area contributed by atoms with E-state index in [2.05, 4.69) is 0 Å². The first kappa shape index (κ1) is 17.8. The Bertz CT molecular complexity index is 1120. The molecule has 140 valence electrons. The summed E-state index contributed by atoms with van der Waals surface area (Å²) in [6, 6.07) is 10.6. The molecule has 0 bridgehead atoms. The Morgan fingerprint density at radius 2 is 1.70 bits per heavy atom. The van der Waals surface area contributed by atoms with Gasteiger partial charge in [0.2, 0.25) is 0 Å². The van der Waals surface area contributed by atoms with Gasteiger partial charge >= 0.3 is 6.18 Å². The second-order valence-electron chi connectivity index (χ2n) is 7.15. The van der Waals surface area contributed by atoms with Crippen LogP contribution in [0.15, 0.2) is 47.3 Å². The van der Waals surface area contributed by atoms with Crippen LogP contribution in [-0.2, 0) is 18.6 Å². The molecular formula is C21H17F4NO. The molecule has 1 aliphatic rings. The van der Waals surface area contributed by atoms with Gasteiger partial charge in [-0.05, 0) is 37.0 Å². The van der Waals surface area contributed by atoms with Crippen LogP contribution in [0.2, 0.25) is 0 Å². The molecule has 0 atom stereocenters. The van der Waals surface area contributed by atoms with Gasteiger partial charge in [-0.2, -0.15) is 13.2 Å². The molecule has 0 spiro atoms. The molecule has 0 amide bonds. The highest BCUT2D eigenvalue weighted by Crippen LogP contribution is 2.56. The Labute approximate surface area is 153 Å². The Morgan fingerprint density at radius 1 is 1.04 bits per heavy atom. The van der Waals surface area contributed by atoms with E-state index in [1.165, 1.54) is 35.9 Å². The number of nitrogens with zero attached hydrogens (tertiary/aromatic N) is 1. The number of rotatable bonds is 2. The summed E-state index contributed by atoms with van der Waals surface area (Å²) in [5, 5.41) is -0.0403. The van der Waals surface area contributed by atoms with Crippen molar-refractivity contribution in [1.29, 1.82) is 0 Å². The van der Waals surface area contributed by atoms with Gasteiger partial charge in [-0.1, -0.05) is 36.4 Å². The fourth-order valence-electron chi connectivity index (χ4n) is 4.03. The number of pyridine rings is 1. The third-order valence-corrected chi connectivity index (χ3v) is 5.52. The normalized spacial score (nSPS) is 15.9. The molecule has 0 N–H and O–H groups in total. The van der Waals surface area contributed by atoms with E-state index in [0.717, 1.165) is 0 Å². The summed E-state index contributed by atoms with van der Waals surface area (Å²) >= 11 is 0. The lowest BCUT2D eigenvalue weighted by molar-refractivity contribution is -0.137. The lowest BCUT2D eigenvalue weighted by atomic mass is 9.83. The molecule has 4 rings (SSSR count). The average Bonchev–Trinajstić information content (AvgIpc) is 3.40. The number of aryl methyl sites for hydroxylation is 2. The number of aromatic nitrogens is 1. The first-order valence-electron chi connectivity index (χ1n) is 8.63. The predicted octanol–water partition coefficient (Wildman–Crippen LogP) is 5.08. The summed E-state index contributed by atoms with van der Waals surface area (Å²) in [5.74, 6) is -0.543. The summed E-state index contributed by atoms with van der Waals surface area (Å²) in [5.41, 5.74) is -2.52. The van der Waals surface area contributed by atoms with Gasteiger partial charge in [-0.15, -0.1) is 0 Å². The maximum absolute atomic E-state index is 14.8. The maximum atomic E-state index is 14.8. The van der Waals surface area contributed by atoms with E-state index in [9.17, 15) is 22.4 Å². The molecule has 6 heteroatoms. The molecular weight excluding hydrogens is 358 g/mol. The number of halogens is 4. The number of hydrogen-bond donors (Lipinski definition) is 0. The highest BCUT2D eigenvalue weighted by Gasteiger charge is 2.54. The number of benzene rings is 2. The first-order chi connectivity index (χ1) is 12.7. The molecule has 0 aliphatic heterocycles. The molecule has 27 heavy (non-hydrogen) atoms. The van der Waals surface area contributed by atoms with Crippen LogP contribution in [0, 0.1) is 12.7 Å². The minimum Gasteiger partial charge on any atom is -0.311 e. The van der Waals surface area contributed by atoms with Crippen LogP contribution >= 0.6 is 0 Å². The van der Waals surface area contributed by atoms with Crippen molar-refractivity contribution in [2.45, 2.75) is 31.4 Å². The number of alkyl halides is 3. The lowest BCUT2D eigenvalue weighted by Crippen LogP contribution is -2.33. The summed E-state index contributed by atoms with van der Waals surface area (Å²) in [6.07, 6.45) is -4.10. The van der Waals surface area contributed by atoms with Crippen molar-refractivity contribution in [3.8, 4) is 0 Å². The molecule has 1 aromatic heterocycles. The fraction of sp³-hybridized carbons (Fsp3) is 0.286. The molecule has 3 aromatic rings. The highest BCUT2D eigenvalue weighted by molar-refractivity contribution is 5.85. The predicted molar refractivity (Wildman–Crippen MR) is 95.3 cm³/mol. The lowest BCUT2D eigenvalue weighted by Gasteiger charge is -2.24. The second-order valence-corrected chi connectivity index (χ2v) is 7.15. The van der Waals surface area contributed by atoms with Gasteiger partial charge in [-0.3, -0.25) is 4.79 Å². The third-order valence-electron chi connectivity index (χ3n) is 5.52. The molecule has 0 unspecified atom stereocenters. The molecule has 1 saturated carbocycles. The quantitative estimate of drug-likeness (QED) is 0.572. The summed E-state index contributed by atoms with van der Waals surface area (Å²) < 4.78 is 58.3. The van der Waals surface area contributed by atoms with Crippen molar-refractivity contribution in [2.75, 3.05) is 0 Å². The van der Waals surface area contributed by atoms with Gasteiger partial charge in [-0.25, -0.2) is 4.39 Å². The van der Waals surface area contributed by atoms with Crippen LogP contribution < -0.4 is 5.56 Å². The zero-order valence-electron chi connectivity index (χ0n) is 14.8. The van der Waals surface area contributed by atoms with E-state index in [1.54, 1.807) is 25.1 Å². The highest BCUT2D eigenvalue weighted by atomic mass is 19.4. The van der Waals surface area contributed by atoms with Crippen molar-refractivity contribution in [2.24, 2.45) is 7.05 Å². The second kappa shape index (κ2) is 5.68. The average molecular weight is 375 g/mol. The summed E-state index contributed by atoms with van der Waals surface area (Å²) in [4.78, 5) is 13.0. The van der Waals surface area contributed by atoms with Crippen molar-refractivity contribution in [1.82, 2.24) is 4.57 Å². The molecule has 2 aromatic carbocycles. The standard InChI is InChI=1S/C21H17F4NO/c1-12-6-5-8-14(18(12)22)20(10-11-20)17-16(21(23,24)25)13-7-3-4-9-15(13)26(2)19(17)27/h3-9H,10-11H2,1-2H3. The summed E-state index contributed by atoms with van der Waals surface area (Å²) in [6.45, 7) is 1.57. The van der Waals surface area contributed by atoms with E-state index >= 15 is 0 Å². The Balaban J connectivity index is 2.16. The molecule has 1 fully saturated rings. The van der Waals surface area contributed by atoms with E-state index in [1.807, 2.05) is 0 Å². The van der Waals surface area contributed by atoms with Gasteiger partial charge in [0, 0.05) is 23.4 Å². The molecule has 2 nitrogen and oxygen atoms in total. The van der Waals surface area contributed by atoms with Crippen LogP contribution in [-0.4, -0.2) is 4.57 Å². The van der Waals surface area contributed by atoms with Gasteiger partial charge in [0.05, 0.1) is 11.1 Å². The number of hydrogen-bond acceptors (Lipinski definition) is 1. The first-order valence-corrected chi connectivity index (χ1v) is 8.63. The molecule has 1 heterocycles. The van der Waals surface area contributed by atoms with Gasteiger partial charge < -0.3 is 4.57 Å². The van der Waals surface area contributed by atoms with Crippen molar-refractivity contribution < 1.29 is 17.6 Å². The SMILES string of the molecule is Cc1cccc(C2(c3c(C(F)(F)F)c4ccccc4n(C)c3=O)CC2)c1F. The fourth-order valence-corrected chi connectivity index (χ4v) is 4.03. The van der Waals surface area contributed by atoms with E-state index < -0.39 is 28.5 Å². The van der Waals surface area contributed by atoms with E-state index in [-0.39, 0.29) is 22.0 Å². The van der Waals surface area contributed by atoms with Gasteiger partial charge in [0.15, 0.2) is 0 Å². The van der Waals surface area contributed by atoms with Crippen molar-refractivity contribution in [3.05, 3.63) is 80.9 Å². The van der Waals surface area contributed by atoms with E-state index in [4.69, 9.17) is 0 Å². The zero-order valence-corrected chi connectivity index (χ0v) is 14.8. The zero-order chi connectivity index (χ0) is 19.6. The smallest absolute Gasteiger partial charge is 0.311 e. The van der Waals surface area contributed by atoms with Crippen LogP contribution in [0.4, 0.5) is 17.6 Å². The Morgan fingerprint density at radius 3 is 2.33 bits per heavy atom. The largest absolute Gasteiger partial charge is 0.417 e. The van der Waals surface area contributed by atoms with Crippen molar-refractivity contribution >= 4 is 10.9 Å². The van der Waals surface area contributed by atoms with Crippen LogP contribution in [0.25, 0.3) is 10.9 Å². The number of fused-ring (bicyclic) bond motifs is 1. The molecule has 0 saturated heterocycles. The van der Waals surface area contributed by atoms with Gasteiger partial charge in [0.25, 0.3) is 5.56 Å². The topological polar surface area (TPSA) is 22.0 Å². The summed E-state index contributed by atoms with van der Waals surface area (Å²) in [7, 11) is 1.46. The molecule has 0 radical (unpaired) electrons. The third kappa shape index (κ3) is 2.50. The van der Waals surface area contributed by atoms with E-state index in [0.29, 0.717) is 18.4 Å². The number of para-hydroxylation sites is 1. The molecule has 1 aliphatic carbocycles. The van der Waals surface area contributed by atoms with Crippen molar-refractivity contribution in [3.63, 3.8) is 0 Å². The van der Waals surface area contributed by atoms with Crippen LogP contribution in [0.3, 0.4) is 0 Å². The monoisotopic (exact) mass is 375 g/mol. The minimum atomic E-state index is -4.72. The Kier molecular flexibility index (Phi) is 3.74. The maximum Gasteiger partial charge on any atom is 0.417 e. The van der Waals surface area contributed by atoms with Crippen LogP contribution in [0.5, 0.6) is 0 Å². The Hall–Kier alpha value is -2.63. The van der Waals surface area contributed by atoms with Gasteiger partial charge in [0.1, 0.15) is 5.82 Å².